The van der Waals surface area contributed by atoms with Crippen LogP contribution in [0.15, 0.2) is 12.7 Å². The van der Waals surface area contributed by atoms with Crippen LogP contribution in [0.25, 0.3) is 0 Å². The number of esters is 1. The highest BCUT2D eigenvalue weighted by molar-refractivity contribution is 5.81. The summed E-state index contributed by atoms with van der Waals surface area (Å²) in [5, 5.41) is 17.7. The third-order valence-corrected chi connectivity index (χ3v) is 1.56. The summed E-state index contributed by atoms with van der Waals surface area (Å²) in [6.45, 7) is 3.50. The maximum atomic E-state index is 10.5. The Labute approximate surface area is 77.8 Å². The van der Waals surface area contributed by atoms with Crippen LogP contribution in [-0.2, 0) is 9.53 Å². The Morgan fingerprint density at radius 1 is 1.54 bits per heavy atom. The predicted octanol–water partition coefficient (Wildman–Crippen LogP) is 0.239. The Balaban J connectivity index is 3.30. The first kappa shape index (κ1) is 12.1. The van der Waals surface area contributed by atoms with Crippen LogP contribution in [0.3, 0.4) is 0 Å². The van der Waals surface area contributed by atoms with E-state index in [4.69, 9.17) is 5.11 Å². The molecular formula is C9H16O4. The van der Waals surface area contributed by atoms with E-state index < -0.39 is 12.1 Å². The van der Waals surface area contributed by atoms with Crippen LogP contribution in [0.5, 0.6) is 0 Å². The lowest BCUT2D eigenvalue weighted by molar-refractivity contribution is -0.138. The number of carbonyl (C=O) groups is 1. The lowest BCUT2D eigenvalue weighted by Gasteiger charge is -2.08. The zero-order valence-electron chi connectivity index (χ0n) is 7.61. The lowest BCUT2D eigenvalue weighted by atomic mass is 10.1. The van der Waals surface area contributed by atoms with Crippen LogP contribution >= 0.6 is 0 Å². The van der Waals surface area contributed by atoms with Crippen LogP contribution < -0.4 is 0 Å². The summed E-state index contributed by atoms with van der Waals surface area (Å²) < 4.78 is 4.66. The quantitative estimate of drug-likeness (QED) is 0.443. The molecule has 4 nitrogen and oxygen atoms in total. The van der Waals surface area contributed by atoms with Gasteiger partial charge in [-0.1, -0.05) is 6.58 Å². The second-order valence-electron chi connectivity index (χ2n) is 2.68. The summed E-state index contributed by atoms with van der Waals surface area (Å²) in [6, 6.07) is 0. The van der Waals surface area contributed by atoms with Crippen molar-refractivity contribution in [3.8, 4) is 0 Å². The largest absolute Gasteiger partial charge is 0.462 e. The average Bonchev–Trinajstić information content (AvgIpc) is 2.14. The molecule has 1 atom stereocenters. The maximum absolute atomic E-state index is 10.5. The molecule has 0 heterocycles. The standard InChI is InChI=1S/C9H16O4/c1-2-9(12)13-7-5-8(11)4-3-6-10/h2,8,10-11H,1,3-7H2. The molecule has 0 amide bonds. The number of aliphatic hydroxyl groups excluding tert-OH is 2. The summed E-state index contributed by atoms with van der Waals surface area (Å²) in [5.41, 5.74) is 0. The highest BCUT2D eigenvalue weighted by Gasteiger charge is 2.04. The lowest BCUT2D eigenvalue weighted by Crippen LogP contribution is -2.12. The number of rotatable bonds is 7. The second kappa shape index (κ2) is 7.76. The molecule has 0 spiro atoms. The zero-order chi connectivity index (χ0) is 10.1. The number of hydrogen-bond acceptors (Lipinski definition) is 4. The van der Waals surface area contributed by atoms with Crippen molar-refractivity contribution in [1.82, 2.24) is 0 Å². The van der Waals surface area contributed by atoms with Crippen molar-refractivity contribution in [3.63, 3.8) is 0 Å². The molecule has 4 heteroatoms. The average molecular weight is 188 g/mol. The molecule has 0 saturated heterocycles. The molecule has 76 valence electrons. The summed E-state index contributed by atoms with van der Waals surface area (Å²) >= 11 is 0. The fourth-order valence-corrected chi connectivity index (χ4v) is 0.826. The Morgan fingerprint density at radius 2 is 2.23 bits per heavy atom. The molecule has 0 aromatic rings. The topological polar surface area (TPSA) is 66.8 Å². The SMILES string of the molecule is C=CC(=O)OCCC(O)CCCO. The minimum atomic E-state index is -0.509. The first-order valence-corrected chi connectivity index (χ1v) is 4.28. The maximum Gasteiger partial charge on any atom is 0.330 e. The summed E-state index contributed by atoms with van der Waals surface area (Å²) in [5.74, 6) is -0.477. The third kappa shape index (κ3) is 7.49. The van der Waals surface area contributed by atoms with Crippen LogP contribution in [0, 0.1) is 0 Å². The minimum Gasteiger partial charge on any atom is -0.462 e. The van der Waals surface area contributed by atoms with E-state index in [0.29, 0.717) is 19.3 Å². The Morgan fingerprint density at radius 3 is 2.77 bits per heavy atom. The molecule has 0 aromatic heterocycles. The minimum absolute atomic E-state index is 0.0729. The van der Waals surface area contributed by atoms with Crippen molar-refractivity contribution in [2.45, 2.75) is 25.4 Å². The van der Waals surface area contributed by atoms with E-state index >= 15 is 0 Å². The first-order valence-electron chi connectivity index (χ1n) is 4.28. The highest BCUT2D eigenvalue weighted by Crippen LogP contribution is 2.01. The monoisotopic (exact) mass is 188 g/mol. The normalized spacial score (nSPS) is 12.2. The van der Waals surface area contributed by atoms with E-state index in [1.54, 1.807) is 0 Å². The van der Waals surface area contributed by atoms with Gasteiger partial charge < -0.3 is 14.9 Å². The molecule has 0 saturated carbocycles. The highest BCUT2D eigenvalue weighted by atomic mass is 16.5. The van der Waals surface area contributed by atoms with Crippen LogP contribution in [0.2, 0.25) is 0 Å². The van der Waals surface area contributed by atoms with Gasteiger partial charge in [-0.25, -0.2) is 4.79 Å². The fraction of sp³-hybridized carbons (Fsp3) is 0.667. The van der Waals surface area contributed by atoms with E-state index in [0.717, 1.165) is 6.08 Å². The molecule has 13 heavy (non-hydrogen) atoms. The van der Waals surface area contributed by atoms with Gasteiger partial charge >= 0.3 is 5.97 Å². The van der Waals surface area contributed by atoms with Gasteiger partial charge in [-0.05, 0) is 12.8 Å². The van der Waals surface area contributed by atoms with Gasteiger partial charge in [0.25, 0.3) is 0 Å². The first-order chi connectivity index (χ1) is 6.20. The summed E-state index contributed by atoms with van der Waals surface area (Å²) in [7, 11) is 0. The Kier molecular flexibility index (Phi) is 7.24. The van der Waals surface area contributed by atoms with Crippen molar-refractivity contribution in [3.05, 3.63) is 12.7 Å². The molecule has 0 aliphatic carbocycles. The van der Waals surface area contributed by atoms with Crippen molar-refractivity contribution in [2.24, 2.45) is 0 Å². The number of aliphatic hydroxyl groups is 2. The van der Waals surface area contributed by atoms with Crippen molar-refractivity contribution in [1.29, 1.82) is 0 Å². The zero-order valence-corrected chi connectivity index (χ0v) is 7.61. The van der Waals surface area contributed by atoms with Gasteiger partial charge in [-0.15, -0.1) is 0 Å². The summed E-state index contributed by atoms with van der Waals surface area (Å²) in [6.07, 6.45) is 2.07. The third-order valence-electron chi connectivity index (χ3n) is 1.56. The van der Waals surface area contributed by atoms with Crippen molar-refractivity contribution < 1.29 is 19.7 Å². The Hall–Kier alpha value is -0.870. The Bertz CT molecular complexity index is 156. The number of hydrogen-bond donors (Lipinski definition) is 2. The molecule has 0 bridgehead atoms. The van der Waals surface area contributed by atoms with E-state index in [2.05, 4.69) is 11.3 Å². The predicted molar refractivity (Wildman–Crippen MR) is 48.1 cm³/mol. The molecule has 0 aliphatic rings. The van der Waals surface area contributed by atoms with E-state index in [1.807, 2.05) is 0 Å². The van der Waals surface area contributed by atoms with Crippen LogP contribution in [0.4, 0.5) is 0 Å². The van der Waals surface area contributed by atoms with Gasteiger partial charge in [0, 0.05) is 19.1 Å². The van der Waals surface area contributed by atoms with E-state index in [-0.39, 0.29) is 13.2 Å². The molecule has 0 aromatic carbocycles. The molecule has 1 unspecified atom stereocenters. The molecule has 0 fully saturated rings. The van der Waals surface area contributed by atoms with Gasteiger partial charge in [0.2, 0.25) is 0 Å². The van der Waals surface area contributed by atoms with E-state index in [9.17, 15) is 9.90 Å². The smallest absolute Gasteiger partial charge is 0.330 e. The van der Waals surface area contributed by atoms with Crippen molar-refractivity contribution in [2.75, 3.05) is 13.2 Å². The molecule has 0 aliphatic heterocycles. The van der Waals surface area contributed by atoms with Gasteiger partial charge in [0.15, 0.2) is 0 Å². The molecule has 2 N–H and O–H groups in total. The summed E-state index contributed by atoms with van der Waals surface area (Å²) in [4.78, 5) is 10.5. The molecule has 0 radical (unpaired) electrons. The van der Waals surface area contributed by atoms with Gasteiger partial charge in [-0.3, -0.25) is 0 Å². The van der Waals surface area contributed by atoms with Crippen LogP contribution in [0.1, 0.15) is 19.3 Å². The van der Waals surface area contributed by atoms with Crippen molar-refractivity contribution >= 4 is 5.97 Å². The molecule has 0 rings (SSSR count). The molecular weight excluding hydrogens is 172 g/mol. The van der Waals surface area contributed by atoms with Gasteiger partial charge in [0.1, 0.15) is 0 Å². The van der Waals surface area contributed by atoms with E-state index in [1.165, 1.54) is 0 Å². The van der Waals surface area contributed by atoms with Gasteiger partial charge in [-0.2, -0.15) is 0 Å². The second-order valence-corrected chi connectivity index (χ2v) is 2.68. The fourth-order valence-electron chi connectivity index (χ4n) is 0.826. The number of carbonyl (C=O) groups excluding carboxylic acids is 1. The van der Waals surface area contributed by atoms with Crippen LogP contribution in [-0.4, -0.2) is 35.5 Å². The van der Waals surface area contributed by atoms with Gasteiger partial charge in [0.05, 0.1) is 12.7 Å². The number of ether oxygens (including phenoxy) is 1.